The van der Waals surface area contributed by atoms with Gasteiger partial charge in [0.1, 0.15) is 0 Å². The summed E-state index contributed by atoms with van der Waals surface area (Å²) in [6, 6.07) is 32.7. The molecule has 148 valence electrons. The van der Waals surface area contributed by atoms with Crippen LogP contribution in [0.1, 0.15) is 0 Å². The number of benzene rings is 3. The van der Waals surface area contributed by atoms with Crippen molar-refractivity contribution in [2.75, 3.05) is 0 Å². The van der Waals surface area contributed by atoms with Gasteiger partial charge in [0.25, 0.3) is 0 Å². The monoisotopic (exact) mass is 463 g/mol. The van der Waals surface area contributed by atoms with Crippen molar-refractivity contribution in [2.45, 2.75) is 0 Å². The van der Waals surface area contributed by atoms with Crippen LogP contribution >= 0.6 is 15.9 Å². The van der Waals surface area contributed by atoms with E-state index in [9.17, 15) is 0 Å². The maximum atomic E-state index is 4.96. The van der Waals surface area contributed by atoms with Gasteiger partial charge in [-0.05, 0) is 29.8 Å². The van der Waals surface area contributed by atoms with Crippen molar-refractivity contribution < 1.29 is 0 Å². The van der Waals surface area contributed by atoms with Crippen molar-refractivity contribution in [3.05, 3.63) is 114 Å². The van der Waals surface area contributed by atoms with Gasteiger partial charge in [0.15, 0.2) is 5.82 Å². The van der Waals surface area contributed by atoms with Gasteiger partial charge in [0, 0.05) is 39.1 Å². The fourth-order valence-electron chi connectivity index (χ4n) is 3.55. The average Bonchev–Trinajstić information content (AvgIpc) is 2.85. The molecule has 0 saturated carbocycles. The van der Waals surface area contributed by atoms with E-state index in [-0.39, 0.29) is 0 Å². The molecule has 3 nitrogen and oxygen atoms in total. The molecule has 0 aliphatic rings. The number of nitrogens with zero attached hydrogens (tertiary/aromatic N) is 3. The van der Waals surface area contributed by atoms with E-state index in [0.29, 0.717) is 5.82 Å². The third kappa shape index (κ3) is 4.16. The standard InChI is InChI=1S/C27H18BrN3/c28-22-14-12-19(13-15-22)25-17-26(31-27(30-25)20-7-2-1-3-8-20)24-11-5-4-10-23(24)21-9-6-16-29-18-21/h1-18H. The molecule has 0 atom stereocenters. The molecule has 0 aliphatic heterocycles. The van der Waals surface area contributed by atoms with Gasteiger partial charge in [-0.1, -0.05) is 88.7 Å². The first kappa shape index (κ1) is 19.3. The molecule has 0 N–H and O–H groups in total. The first-order valence-electron chi connectivity index (χ1n) is 9.98. The molecule has 2 heterocycles. The zero-order valence-electron chi connectivity index (χ0n) is 16.6. The van der Waals surface area contributed by atoms with Gasteiger partial charge < -0.3 is 0 Å². The Morgan fingerprint density at radius 3 is 1.97 bits per heavy atom. The molecule has 2 aromatic heterocycles. The highest BCUT2D eigenvalue weighted by Crippen LogP contribution is 2.34. The van der Waals surface area contributed by atoms with Crippen LogP contribution in [0.4, 0.5) is 0 Å². The van der Waals surface area contributed by atoms with Gasteiger partial charge in [-0.2, -0.15) is 0 Å². The topological polar surface area (TPSA) is 38.7 Å². The molecule has 0 aliphatic carbocycles. The number of hydrogen-bond acceptors (Lipinski definition) is 3. The number of pyridine rings is 1. The molecule has 3 aromatic carbocycles. The lowest BCUT2D eigenvalue weighted by Crippen LogP contribution is -1.97. The SMILES string of the molecule is Brc1ccc(-c2cc(-c3ccccc3-c3cccnc3)nc(-c3ccccc3)n2)cc1. The zero-order valence-corrected chi connectivity index (χ0v) is 18.2. The van der Waals surface area contributed by atoms with Gasteiger partial charge in [0.05, 0.1) is 11.4 Å². The predicted octanol–water partition coefficient (Wildman–Crippen LogP) is 7.30. The highest BCUT2D eigenvalue weighted by Gasteiger charge is 2.13. The molecule has 4 heteroatoms. The molecule has 0 fully saturated rings. The van der Waals surface area contributed by atoms with E-state index in [1.165, 1.54) is 0 Å². The van der Waals surface area contributed by atoms with E-state index >= 15 is 0 Å². The van der Waals surface area contributed by atoms with Gasteiger partial charge in [-0.3, -0.25) is 4.98 Å². The molecule has 0 amide bonds. The van der Waals surface area contributed by atoms with Crippen LogP contribution in [0, 0.1) is 0 Å². The molecule has 0 saturated heterocycles. The maximum absolute atomic E-state index is 4.96. The molecular formula is C27H18BrN3. The molecule has 5 rings (SSSR count). The van der Waals surface area contributed by atoms with Crippen molar-refractivity contribution >= 4 is 15.9 Å². The van der Waals surface area contributed by atoms with E-state index in [4.69, 9.17) is 9.97 Å². The lowest BCUT2D eigenvalue weighted by atomic mass is 9.97. The van der Waals surface area contributed by atoms with Crippen molar-refractivity contribution in [3.8, 4) is 45.0 Å². The Morgan fingerprint density at radius 2 is 1.23 bits per heavy atom. The lowest BCUT2D eigenvalue weighted by Gasteiger charge is -2.12. The Labute approximate surface area is 189 Å². The van der Waals surface area contributed by atoms with Crippen molar-refractivity contribution in [3.63, 3.8) is 0 Å². The van der Waals surface area contributed by atoms with Crippen LogP contribution in [0.5, 0.6) is 0 Å². The van der Waals surface area contributed by atoms with E-state index in [1.54, 1.807) is 6.20 Å². The number of aromatic nitrogens is 3. The Balaban J connectivity index is 1.73. The van der Waals surface area contributed by atoms with Crippen LogP contribution in [0.15, 0.2) is 114 Å². The summed E-state index contributed by atoms with van der Waals surface area (Å²) in [5.41, 5.74) is 7.00. The van der Waals surface area contributed by atoms with E-state index in [1.807, 2.05) is 66.9 Å². The first-order chi connectivity index (χ1) is 15.3. The van der Waals surface area contributed by atoms with Crippen LogP contribution in [0.3, 0.4) is 0 Å². The minimum absolute atomic E-state index is 0.706. The van der Waals surface area contributed by atoms with Crippen LogP contribution < -0.4 is 0 Å². The Morgan fingerprint density at radius 1 is 0.548 bits per heavy atom. The molecule has 0 unspecified atom stereocenters. The van der Waals surface area contributed by atoms with Crippen LogP contribution in [-0.4, -0.2) is 15.0 Å². The number of halogens is 1. The molecule has 0 bridgehead atoms. The smallest absolute Gasteiger partial charge is 0.160 e. The number of hydrogen-bond donors (Lipinski definition) is 0. The minimum Gasteiger partial charge on any atom is -0.264 e. The van der Waals surface area contributed by atoms with Crippen molar-refractivity contribution in [1.82, 2.24) is 15.0 Å². The molecular weight excluding hydrogens is 446 g/mol. The Hall–Kier alpha value is -3.63. The Bertz CT molecular complexity index is 1320. The summed E-state index contributed by atoms with van der Waals surface area (Å²) < 4.78 is 1.04. The summed E-state index contributed by atoms with van der Waals surface area (Å²) in [6.45, 7) is 0. The van der Waals surface area contributed by atoms with Gasteiger partial charge >= 0.3 is 0 Å². The largest absolute Gasteiger partial charge is 0.264 e. The highest BCUT2D eigenvalue weighted by atomic mass is 79.9. The second kappa shape index (κ2) is 8.62. The first-order valence-corrected chi connectivity index (χ1v) is 10.8. The van der Waals surface area contributed by atoms with Crippen LogP contribution in [0.25, 0.3) is 45.0 Å². The summed E-state index contributed by atoms with van der Waals surface area (Å²) in [4.78, 5) is 14.2. The predicted molar refractivity (Wildman–Crippen MR) is 129 cm³/mol. The van der Waals surface area contributed by atoms with Gasteiger partial charge in [-0.25, -0.2) is 9.97 Å². The third-order valence-corrected chi connectivity index (χ3v) is 5.60. The van der Waals surface area contributed by atoms with Gasteiger partial charge in [-0.15, -0.1) is 0 Å². The third-order valence-electron chi connectivity index (χ3n) is 5.07. The van der Waals surface area contributed by atoms with Crippen molar-refractivity contribution in [2.24, 2.45) is 0 Å². The normalized spacial score (nSPS) is 10.7. The Kier molecular flexibility index (Phi) is 5.38. The molecule has 5 aromatic rings. The lowest BCUT2D eigenvalue weighted by molar-refractivity contribution is 1.18. The highest BCUT2D eigenvalue weighted by molar-refractivity contribution is 9.10. The second-order valence-electron chi connectivity index (χ2n) is 7.12. The van der Waals surface area contributed by atoms with E-state index < -0.39 is 0 Å². The number of rotatable bonds is 4. The van der Waals surface area contributed by atoms with E-state index in [0.717, 1.165) is 43.7 Å². The van der Waals surface area contributed by atoms with Crippen molar-refractivity contribution in [1.29, 1.82) is 0 Å². The second-order valence-corrected chi connectivity index (χ2v) is 8.04. The molecule has 0 radical (unpaired) electrons. The zero-order chi connectivity index (χ0) is 21.0. The average molecular weight is 464 g/mol. The summed E-state index contributed by atoms with van der Waals surface area (Å²) in [7, 11) is 0. The van der Waals surface area contributed by atoms with Gasteiger partial charge in [0.2, 0.25) is 0 Å². The summed E-state index contributed by atoms with van der Waals surface area (Å²) in [6.07, 6.45) is 3.67. The summed E-state index contributed by atoms with van der Waals surface area (Å²) in [5.74, 6) is 0.706. The molecule has 31 heavy (non-hydrogen) atoms. The van der Waals surface area contributed by atoms with E-state index in [2.05, 4.69) is 57.3 Å². The fourth-order valence-corrected chi connectivity index (χ4v) is 3.81. The summed E-state index contributed by atoms with van der Waals surface area (Å²) in [5, 5.41) is 0. The maximum Gasteiger partial charge on any atom is 0.160 e. The molecule has 0 spiro atoms. The quantitative estimate of drug-likeness (QED) is 0.280. The minimum atomic E-state index is 0.706. The van der Waals surface area contributed by atoms with Crippen LogP contribution in [0.2, 0.25) is 0 Å². The van der Waals surface area contributed by atoms with Crippen LogP contribution in [-0.2, 0) is 0 Å². The summed E-state index contributed by atoms with van der Waals surface area (Å²) >= 11 is 3.52. The fraction of sp³-hybridized carbons (Fsp3) is 0.